The largest absolute Gasteiger partial charge is 0.479 e. The molecule has 2 atom stereocenters. The van der Waals surface area contributed by atoms with E-state index >= 15 is 0 Å². The summed E-state index contributed by atoms with van der Waals surface area (Å²) in [7, 11) is 0. The second-order valence-electron chi connectivity index (χ2n) is 6.90. The maximum Gasteiger partial charge on any atom is 0.332 e. The summed E-state index contributed by atoms with van der Waals surface area (Å²) in [5.74, 6) is -1.51. The highest BCUT2D eigenvalue weighted by Gasteiger charge is 2.34. The molecule has 3 N–H and O–H groups in total. The lowest BCUT2D eigenvalue weighted by molar-refractivity contribution is -0.150. The third-order valence-electron chi connectivity index (χ3n) is 4.94. The van der Waals surface area contributed by atoms with Crippen LogP contribution < -0.4 is 10.6 Å². The van der Waals surface area contributed by atoms with Gasteiger partial charge in [0.05, 0.1) is 0 Å². The Hall–Kier alpha value is -2.41. The van der Waals surface area contributed by atoms with Crippen LogP contribution in [0.1, 0.15) is 55.3 Å². The summed E-state index contributed by atoms with van der Waals surface area (Å²) < 4.78 is 5.23. The average Bonchev–Trinajstić information content (AvgIpc) is 3.14. The van der Waals surface area contributed by atoms with E-state index in [0.29, 0.717) is 24.1 Å². The van der Waals surface area contributed by atoms with Crippen LogP contribution in [0.5, 0.6) is 0 Å². The van der Waals surface area contributed by atoms with E-state index in [-0.39, 0.29) is 17.9 Å². The van der Waals surface area contributed by atoms with Crippen LogP contribution in [-0.4, -0.2) is 41.1 Å². The number of hydrogen-bond acceptors (Lipinski definition) is 4. The van der Waals surface area contributed by atoms with Crippen LogP contribution in [0.25, 0.3) is 0 Å². The van der Waals surface area contributed by atoms with Crippen LogP contribution in [-0.2, 0) is 14.3 Å². The summed E-state index contributed by atoms with van der Waals surface area (Å²) in [6.07, 6.45) is 4.62. The number of amides is 2. The molecule has 0 radical (unpaired) electrons. The number of nitrogens with one attached hydrogen (secondary N) is 2. The first kappa shape index (κ1) is 18.4. The van der Waals surface area contributed by atoms with Crippen molar-refractivity contribution in [1.82, 2.24) is 5.32 Å². The van der Waals surface area contributed by atoms with Gasteiger partial charge in [0, 0.05) is 17.3 Å². The number of carboxylic acids is 1. The minimum absolute atomic E-state index is 0.0989. The van der Waals surface area contributed by atoms with E-state index < -0.39 is 18.2 Å². The molecule has 1 saturated heterocycles. The molecule has 1 saturated carbocycles. The quantitative estimate of drug-likeness (QED) is 0.747. The summed E-state index contributed by atoms with van der Waals surface area (Å²) >= 11 is 0. The lowest BCUT2D eigenvalue weighted by Crippen LogP contribution is -2.36. The Morgan fingerprint density at radius 2 is 1.58 bits per heavy atom. The second kappa shape index (κ2) is 8.31. The lowest BCUT2D eigenvalue weighted by Gasteiger charge is -2.22. The SMILES string of the molecule is O=C(NC1CCCCC1)c1ccc(NC(=O)[C@@H]2CC[C@H](C(=O)O)O2)cc1. The van der Waals surface area contributed by atoms with Crippen LogP contribution >= 0.6 is 0 Å². The fourth-order valence-electron chi connectivity index (χ4n) is 3.46. The highest BCUT2D eigenvalue weighted by molar-refractivity contribution is 5.97. The first-order chi connectivity index (χ1) is 12.5. The zero-order valence-electron chi connectivity index (χ0n) is 14.6. The van der Waals surface area contributed by atoms with Gasteiger partial charge in [0.1, 0.15) is 6.10 Å². The molecule has 1 aromatic carbocycles. The van der Waals surface area contributed by atoms with Crippen LogP contribution in [0.15, 0.2) is 24.3 Å². The molecule has 1 aromatic rings. The number of rotatable bonds is 5. The van der Waals surface area contributed by atoms with E-state index in [1.807, 2.05) is 0 Å². The number of ether oxygens (including phenoxy) is 1. The fraction of sp³-hybridized carbons (Fsp3) is 0.526. The third kappa shape index (κ3) is 4.60. The number of hydrogen-bond donors (Lipinski definition) is 3. The zero-order valence-corrected chi connectivity index (χ0v) is 14.6. The van der Waals surface area contributed by atoms with Gasteiger partial charge >= 0.3 is 5.97 Å². The molecule has 0 spiro atoms. The highest BCUT2D eigenvalue weighted by atomic mass is 16.5. The summed E-state index contributed by atoms with van der Waals surface area (Å²) in [5, 5.41) is 14.7. The standard InChI is InChI=1S/C19H24N2O5/c22-17(20-13-4-2-1-3-5-13)12-6-8-14(9-7-12)21-18(23)15-10-11-16(26-15)19(24)25/h6-9,13,15-16H,1-5,10-11H2,(H,20,22)(H,21,23)(H,24,25)/t15-,16+/m0/s1. The van der Waals surface area contributed by atoms with Crippen LogP contribution in [0.2, 0.25) is 0 Å². The van der Waals surface area contributed by atoms with Crippen LogP contribution in [0, 0.1) is 0 Å². The molecular weight excluding hydrogens is 336 g/mol. The molecule has 0 unspecified atom stereocenters. The van der Waals surface area contributed by atoms with Crippen molar-refractivity contribution in [3.8, 4) is 0 Å². The van der Waals surface area contributed by atoms with Crippen molar-refractivity contribution in [2.75, 3.05) is 5.32 Å². The predicted octanol–water partition coefficient (Wildman–Crippen LogP) is 2.32. The molecule has 0 aromatic heterocycles. The van der Waals surface area contributed by atoms with Gasteiger partial charge in [-0.25, -0.2) is 4.79 Å². The molecule has 2 fully saturated rings. The number of benzene rings is 1. The molecule has 2 aliphatic rings. The van der Waals surface area contributed by atoms with Gasteiger partial charge in [0.25, 0.3) is 11.8 Å². The van der Waals surface area contributed by atoms with E-state index in [1.165, 1.54) is 6.42 Å². The van der Waals surface area contributed by atoms with Crippen molar-refractivity contribution in [2.24, 2.45) is 0 Å². The van der Waals surface area contributed by atoms with E-state index in [9.17, 15) is 14.4 Å². The highest BCUT2D eigenvalue weighted by Crippen LogP contribution is 2.22. The fourth-order valence-corrected chi connectivity index (χ4v) is 3.46. The number of aliphatic carboxylic acids is 1. The Morgan fingerprint density at radius 3 is 2.19 bits per heavy atom. The monoisotopic (exact) mass is 360 g/mol. The lowest BCUT2D eigenvalue weighted by atomic mass is 9.95. The maximum absolute atomic E-state index is 12.3. The second-order valence-corrected chi connectivity index (χ2v) is 6.90. The van der Waals surface area contributed by atoms with Gasteiger partial charge in [-0.2, -0.15) is 0 Å². The Labute approximate surface area is 152 Å². The average molecular weight is 360 g/mol. The van der Waals surface area contributed by atoms with Gasteiger partial charge in [-0.05, 0) is 49.9 Å². The zero-order chi connectivity index (χ0) is 18.5. The van der Waals surface area contributed by atoms with Gasteiger partial charge in [-0.15, -0.1) is 0 Å². The van der Waals surface area contributed by atoms with Crippen LogP contribution in [0.4, 0.5) is 5.69 Å². The molecule has 26 heavy (non-hydrogen) atoms. The molecular formula is C19H24N2O5. The van der Waals surface area contributed by atoms with Gasteiger partial charge < -0.3 is 20.5 Å². The van der Waals surface area contributed by atoms with E-state index in [1.54, 1.807) is 24.3 Å². The topological polar surface area (TPSA) is 105 Å². The van der Waals surface area contributed by atoms with Gasteiger partial charge in [0.15, 0.2) is 6.10 Å². The van der Waals surface area contributed by atoms with Gasteiger partial charge in [-0.3, -0.25) is 9.59 Å². The third-order valence-corrected chi connectivity index (χ3v) is 4.94. The number of carbonyl (C=O) groups is 3. The van der Waals surface area contributed by atoms with Crippen molar-refractivity contribution in [2.45, 2.75) is 63.2 Å². The molecule has 3 rings (SSSR count). The Morgan fingerprint density at radius 1 is 0.923 bits per heavy atom. The number of carbonyl (C=O) groups excluding carboxylic acids is 2. The first-order valence-electron chi connectivity index (χ1n) is 9.13. The normalized spacial score (nSPS) is 23.4. The van der Waals surface area contributed by atoms with Crippen molar-refractivity contribution in [3.63, 3.8) is 0 Å². The predicted molar refractivity (Wildman–Crippen MR) is 94.9 cm³/mol. The van der Waals surface area contributed by atoms with Gasteiger partial charge in [0.2, 0.25) is 0 Å². The minimum atomic E-state index is -1.05. The molecule has 1 aliphatic heterocycles. The molecule has 2 amide bonds. The van der Waals surface area contributed by atoms with Gasteiger partial charge in [-0.1, -0.05) is 19.3 Å². The Bertz CT molecular complexity index is 667. The number of carboxylic acid groups (broad SMARTS) is 1. The summed E-state index contributed by atoms with van der Waals surface area (Å²) in [4.78, 5) is 35.3. The Balaban J connectivity index is 1.51. The molecule has 1 heterocycles. The van der Waals surface area contributed by atoms with E-state index in [4.69, 9.17) is 9.84 Å². The summed E-state index contributed by atoms with van der Waals surface area (Å²) in [6, 6.07) is 6.92. The molecule has 7 nitrogen and oxygen atoms in total. The first-order valence-corrected chi connectivity index (χ1v) is 9.13. The maximum atomic E-state index is 12.3. The van der Waals surface area contributed by atoms with E-state index in [2.05, 4.69) is 10.6 Å². The smallest absolute Gasteiger partial charge is 0.332 e. The molecule has 7 heteroatoms. The van der Waals surface area contributed by atoms with E-state index in [0.717, 1.165) is 25.7 Å². The van der Waals surface area contributed by atoms with Crippen molar-refractivity contribution in [1.29, 1.82) is 0 Å². The van der Waals surface area contributed by atoms with Crippen molar-refractivity contribution < 1.29 is 24.2 Å². The molecule has 140 valence electrons. The summed E-state index contributed by atoms with van der Waals surface area (Å²) in [5.41, 5.74) is 1.10. The number of anilines is 1. The Kier molecular flexibility index (Phi) is 5.88. The van der Waals surface area contributed by atoms with Crippen LogP contribution in [0.3, 0.4) is 0 Å². The molecule has 0 bridgehead atoms. The molecule has 1 aliphatic carbocycles. The van der Waals surface area contributed by atoms with Crippen molar-refractivity contribution in [3.05, 3.63) is 29.8 Å². The summed E-state index contributed by atoms with van der Waals surface area (Å²) in [6.45, 7) is 0. The van der Waals surface area contributed by atoms with Crippen molar-refractivity contribution >= 4 is 23.5 Å². The minimum Gasteiger partial charge on any atom is -0.479 e.